The quantitative estimate of drug-likeness (QED) is 0.553. The second kappa shape index (κ2) is 8.79. The van der Waals surface area contributed by atoms with E-state index in [4.69, 9.17) is 4.74 Å². The van der Waals surface area contributed by atoms with Gasteiger partial charge in [0.15, 0.2) is 0 Å². The Morgan fingerprint density at radius 2 is 1.94 bits per heavy atom. The summed E-state index contributed by atoms with van der Waals surface area (Å²) in [4.78, 5) is 0. The Balaban J connectivity index is 2.82. The van der Waals surface area contributed by atoms with Crippen LogP contribution in [0.2, 0.25) is 0 Å². The van der Waals surface area contributed by atoms with Gasteiger partial charge in [-0.1, -0.05) is 51.3 Å². The van der Waals surface area contributed by atoms with Gasteiger partial charge in [0.25, 0.3) is 0 Å². The van der Waals surface area contributed by atoms with Gasteiger partial charge in [-0.05, 0) is 42.5 Å². The number of unbranched alkanes of at least 4 members (excludes halogenated alkanes) is 3. The molecule has 0 aliphatic rings. The van der Waals surface area contributed by atoms with Crippen LogP contribution in [0, 0.1) is 0 Å². The number of rotatable bonds is 8. The molecule has 0 radical (unpaired) electrons. The number of methoxy groups -OCH3 is 1. The SMILES string of the molecule is CCCC/C=C(\CCCC)c1cccc(OC)c1. The third kappa shape index (κ3) is 4.95. The van der Waals surface area contributed by atoms with Gasteiger partial charge in [-0.25, -0.2) is 0 Å². The predicted octanol–water partition coefficient (Wildman–Crippen LogP) is 5.46. The van der Waals surface area contributed by atoms with Crippen LogP contribution in [0.15, 0.2) is 30.3 Å². The standard InChI is InChI=1S/C17H26O/c1-4-6-8-11-15(10-7-5-2)16-12-9-13-17(14-16)18-3/h9,11-14H,4-8,10H2,1-3H3/b15-11+. The van der Waals surface area contributed by atoms with Crippen LogP contribution < -0.4 is 4.74 Å². The van der Waals surface area contributed by atoms with Crippen molar-refractivity contribution < 1.29 is 4.74 Å². The molecule has 0 bridgehead atoms. The Hall–Kier alpha value is -1.24. The lowest BCUT2D eigenvalue weighted by Gasteiger charge is -2.09. The summed E-state index contributed by atoms with van der Waals surface area (Å²) in [5.41, 5.74) is 2.79. The fourth-order valence-corrected chi connectivity index (χ4v) is 2.03. The van der Waals surface area contributed by atoms with E-state index in [1.807, 2.05) is 6.07 Å². The van der Waals surface area contributed by atoms with Crippen molar-refractivity contribution in [3.05, 3.63) is 35.9 Å². The molecule has 0 spiro atoms. The molecule has 0 unspecified atom stereocenters. The van der Waals surface area contributed by atoms with E-state index >= 15 is 0 Å². The minimum atomic E-state index is 0.949. The third-order valence-corrected chi connectivity index (χ3v) is 3.19. The van der Waals surface area contributed by atoms with Crippen molar-refractivity contribution in [3.63, 3.8) is 0 Å². The maximum Gasteiger partial charge on any atom is 0.119 e. The molecular weight excluding hydrogens is 220 g/mol. The highest BCUT2D eigenvalue weighted by molar-refractivity contribution is 5.66. The molecule has 0 aromatic heterocycles. The largest absolute Gasteiger partial charge is 0.497 e. The van der Waals surface area contributed by atoms with Crippen LogP contribution in [-0.2, 0) is 0 Å². The average molecular weight is 246 g/mol. The highest BCUT2D eigenvalue weighted by Crippen LogP contribution is 2.25. The first-order valence-electron chi connectivity index (χ1n) is 7.15. The second-order valence-electron chi connectivity index (χ2n) is 4.71. The summed E-state index contributed by atoms with van der Waals surface area (Å²) < 4.78 is 5.31. The van der Waals surface area contributed by atoms with Gasteiger partial charge in [0.05, 0.1) is 7.11 Å². The number of benzene rings is 1. The van der Waals surface area contributed by atoms with Crippen LogP contribution in [-0.4, -0.2) is 7.11 Å². The van der Waals surface area contributed by atoms with E-state index in [1.165, 1.54) is 49.7 Å². The molecule has 0 aliphatic carbocycles. The summed E-state index contributed by atoms with van der Waals surface area (Å²) >= 11 is 0. The molecule has 0 atom stereocenters. The third-order valence-electron chi connectivity index (χ3n) is 3.19. The van der Waals surface area contributed by atoms with Gasteiger partial charge < -0.3 is 4.74 Å². The Kier molecular flexibility index (Phi) is 7.24. The van der Waals surface area contributed by atoms with Crippen molar-refractivity contribution in [2.45, 2.75) is 52.4 Å². The van der Waals surface area contributed by atoms with E-state index in [0.717, 1.165) is 5.75 Å². The number of hydrogen-bond acceptors (Lipinski definition) is 1. The van der Waals surface area contributed by atoms with Crippen molar-refractivity contribution >= 4 is 5.57 Å². The predicted molar refractivity (Wildman–Crippen MR) is 80.0 cm³/mol. The molecule has 0 heterocycles. The Morgan fingerprint density at radius 3 is 2.61 bits per heavy atom. The van der Waals surface area contributed by atoms with Gasteiger partial charge in [0.1, 0.15) is 5.75 Å². The van der Waals surface area contributed by atoms with E-state index in [1.54, 1.807) is 7.11 Å². The highest BCUT2D eigenvalue weighted by Gasteiger charge is 2.02. The molecule has 1 aromatic carbocycles. The average Bonchev–Trinajstić information content (AvgIpc) is 2.42. The van der Waals surface area contributed by atoms with Crippen LogP contribution in [0.3, 0.4) is 0 Å². The zero-order valence-electron chi connectivity index (χ0n) is 12.0. The van der Waals surface area contributed by atoms with Crippen molar-refractivity contribution in [2.24, 2.45) is 0 Å². The Morgan fingerprint density at radius 1 is 1.17 bits per heavy atom. The Labute approximate surface area is 112 Å². The van der Waals surface area contributed by atoms with Crippen LogP contribution in [0.5, 0.6) is 5.75 Å². The number of hydrogen-bond donors (Lipinski definition) is 0. The topological polar surface area (TPSA) is 9.23 Å². The van der Waals surface area contributed by atoms with Gasteiger partial charge >= 0.3 is 0 Å². The summed E-state index contributed by atoms with van der Waals surface area (Å²) in [7, 11) is 1.73. The molecule has 0 N–H and O–H groups in total. The molecule has 0 aliphatic heterocycles. The molecule has 1 heteroatoms. The summed E-state index contributed by atoms with van der Waals surface area (Å²) in [6.45, 7) is 4.49. The van der Waals surface area contributed by atoms with Crippen LogP contribution >= 0.6 is 0 Å². The van der Waals surface area contributed by atoms with Crippen molar-refractivity contribution in [3.8, 4) is 5.75 Å². The van der Waals surface area contributed by atoms with E-state index in [0.29, 0.717) is 0 Å². The first kappa shape index (κ1) is 14.8. The zero-order chi connectivity index (χ0) is 13.2. The summed E-state index contributed by atoms with van der Waals surface area (Å²) in [6, 6.07) is 8.42. The Bertz CT molecular complexity index is 366. The lowest BCUT2D eigenvalue weighted by atomic mass is 9.98. The molecule has 1 nitrogen and oxygen atoms in total. The highest BCUT2D eigenvalue weighted by atomic mass is 16.5. The maximum atomic E-state index is 5.31. The van der Waals surface area contributed by atoms with Crippen molar-refractivity contribution in [2.75, 3.05) is 7.11 Å². The molecule has 1 aromatic rings. The minimum absolute atomic E-state index is 0.949. The molecule has 0 saturated carbocycles. The first-order chi connectivity index (χ1) is 8.81. The normalized spacial score (nSPS) is 11.6. The fraction of sp³-hybridized carbons (Fsp3) is 0.529. The molecule has 100 valence electrons. The van der Waals surface area contributed by atoms with Gasteiger partial charge in [-0.3, -0.25) is 0 Å². The fourth-order valence-electron chi connectivity index (χ4n) is 2.03. The van der Waals surface area contributed by atoms with Crippen molar-refractivity contribution in [1.82, 2.24) is 0 Å². The number of ether oxygens (including phenoxy) is 1. The van der Waals surface area contributed by atoms with E-state index < -0.39 is 0 Å². The van der Waals surface area contributed by atoms with Gasteiger partial charge in [0, 0.05) is 0 Å². The lowest BCUT2D eigenvalue weighted by molar-refractivity contribution is 0.414. The first-order valence-corrected chi connectivity index (χ1v) is 7.15. The zero-order valence-corrected chi connectivity index (χ0v) is 12.0. The minimum Gasteiger partial charge on any atom is -0.497 e. The maximum absolute atomic E-state index is 5.31. The van der Waals surface area contributed by atoms with Gasteiger partial charge in [-0.15, -0.1) is 0 Å². The molecule has 1 rings (SSSR count). The summed E-state index contributed by atoms with van der Waals surface area (Å²) in [6.07, 6.45) is 9.81. The van der Waals surface area contributed by atoms with E-state index in [9.17, 15) is 0 Å². The summed E-state index contributed by atoms with van der Waals surface area (Å²) in [5.74, 6) is 0.949. The summed E-state index contributed by atoms with van der Waals surface area (Å²) in [5, 5.41) is 0. The molecule has 0 saturated heterocycles. The number of allylic oxidation sites excluding steroid dienone is 2. The molecule has 18 heavy (non-hydrogen) atoms. The smallest absolute Gasteiger partial charge is 0.119 e. The van der Waals surface area contributed by atoms with E-state index in [-0.39, 0.29) is 0 Å². The van der Waals surface area contributed by atoms with Crippen LogP contribution in [0.1, 0.15) is 57.9 Å². The molecular formula is C17H26O. The second-order valence-corrected chi connectivity index (χ2v) is 4.71. The molecule has 0 amide bonds. The van der Waals surface area contributed by atoms with E-state index in [2.05, 4.69) is 38.1 Å². The van der Waals surface area contributed by atoms with Crippen LogP contribution in [0.4, 0.5) is 0 Å². The monoisotopic (exact) mass is 246 g/mol. The molecule has 0 fully saturated rings. The van der Waals surface area contributed by atoms with Crippen LogP contribution in [0.25, 0.3) is 5.57 Å². The lowest BCUT2D eigenvalue weighted by Crippen LogP contribution is -1.89. The van der Waals surface area contributed by atoms with Gasteiger partial charge in [0.2, 0.25) is 0 Å². The van der Waals surface area contributed by atoms with Gasteiger partial charge in [-0.2, -0.15) is 0 Å². The van der Waals surface area contributed by atoms with Crippen molar-refractivity contribution in [1.29, 1.82) is 0 Å².